The average molecular weight is 435 g/mol. The molecule has 1 amide bonds. The molecule has 178 valence electrons. The molecule has 1 fully saturated rings. The molecule has 0 radical (unpaired) electrons. The van der Waals surface area contributed by atoms with E-state index in [1.165, 1.54) is 0 Å². The zero-order valence-electron chi connectivity index (χ0n) is 19.2. The summed E-state index contributed by atoms with van der Waals surface area (Å²) in [5, 5.41) is 25.5. The van der Waals surface area contributed by atoms with Crippen LogP contribution in [0.4, 0.5) is 0 Å². The maximum Gasteiger partial charge on any atom is 0.225 e. The molecule has 0 aliphatic carbocycles. The lowest BCUT2D eigenvalue weighted by Gasteiger charge is -2.35. The van der Waals surface area contributed by atoms with Crippen LogP contribution in [-0.4, -0.2) is 93.4 Å². The molecule has 4 N–H and O–H groups in total. The molecule has 9 heteroatoms. The second-order valence-corrected chi connectivity index (χ2v) is 8.53. The predicted molar refractivity (Wildman–Crippen MR) is 113 cm³/mol. The maximum absolute atomic E-state index is 12.4. The van der Waals surface area contributed by atoms with Gasteiger partial charge in [-0.05, 0) is 40.3 Å². The Morgan fingerprint density at radius 2 is 1.90 bits per heavy atom. The van der Waals surface area contributed by atoms with Crippen molar-refractivity contribution in [2.45, 2.75) is 77.7 Å². The molecule has 30 heavy (non-hydrogen) atoms. The van der Waals surface area contributed by atoms with Crippen LogP contribution < -0.4 is 10.6 Å². The largest absolute Gasteiger partial charge is 0.390 e. The summed E-state index contributed by atoms with van der Waals surface area (Å²) in [6.45, 7) is 10.4. The summed E-state index contributed by atoms with van der Waals surface area (Å²) < 4.78 is 22.1. The van der Waals surface area contributed by atoms with Crippen molar-refractivity contribution in [2.24, 2.45) is 5.41 Å². The number of carbonyl (C=O) groups is 1. The highest BCUT2D eigenvalue weighted by atomic mass is 16.7. The molecule has 0 aromatic rings. The Morgan fingerprint density at radius 1 is 1.17 bits per heavy atom. The van der Waals surface area contributed by atoms with Gasteiger partial charge >= 0.3 is 0 Å². The van der Waals surface area contributed by atoms with Gasteiger partial charge in [-0.15, -0.1) is 0 Å². The molecule has 0 saturated carbocycles. The summed E-state index contributed by atoms with van der Waals surface area (Å²) >= 11 is 0. The van der Waals surface area contributed by atoms with E-state index in [9.17, 15) is 15.0 Å². The molecule has 5 atom stereocenters. The number of amides is 1. The minimum atomic E-state index is -0.854. The van der Waals surface area contributed by atoms with Crippen LogP contribution in [0.2, 0.25) is 0 Å². The molecule has 0 aromatic carbocycles. The second-order valence-electron chi connectivity index (χ2n) is 8.53. The van der Waals surface area contributed by atoms with E-state index in [4.69, 9.17) is 18.9 Å². The second kappa shape index (κ2) is 14.3. The SMILES string of the molecule is CNCCC(C)OCCC(C)(C)C(=O)NCCOCCO[C@@H]1O[C@@H](C)[C@H](O)C[C@H]1O. The van der Waals surface area contributed by atoms with Crippen LogP contribution in [0.15, 0.2) is 0 Å². The number of ether oxygens (including phenoxy) is 4. The van der Waals surface area contributed by atoms with Crippen LogP contribution >= 0.6 is 0 Å². The average Bonchev–Trinajstić information content (AvgIpc) is 2.68. The Kier molecular flexibility index (Phi) is 13.0. The first-order valence-electron chi connectivity index (χ1n) is 10.9. The third-order valence-corrected chi connectivity index (χ3v) is 5.27. The predicted octanol–water partition coefficient (Wildman–Crippen LogP) is 0.423. The number of hydrogen-bond donors (Lipinski definition) is 4. The van der Waals surface area contributed by atoms with E-state index < -0.39 is 23.9 Å². The first-order valence-corrected chi connectivity index (χ1v) is 10.9. The lowest BCUT2D eigenvalue weighted by Crippen LogP contribution is -2.47. The van der Waals surface area contributed by atoms with Crippen molar-refractivity contribution in [3.8, 4) is 0 Å². The van der Waals surface area contributed by atoms with E-state index in [1.54, 1.807) is 6.92 Å². The Balaban J connectivity index is 2.09. The van der Waals surface area contributed by atoms with Crippen LogP contribution in [0.25, 0.3) is 0 Å². The number of carbonyl (C=O) groups excluding carboxylic acids is 1. The lowest BCUT2D eigenvalue weighted by molar-refractivity contribution is -0.263. The Bertz CT molecular complexity index is 478. The quantitative estimate of drug-likeness (QED) is 0.274. The van der Waals surface area contributed by atoms with Crippen molar-refractivity contribution in [2.75, 3.05) is 46.6 Å². The summed E-state index contributed by atoms with van der Waals surface area (Å²) in [6.07, 6.45) is -0.680. The molecule has 1 saturated heterocycles. The summed E-state index contributed by atoms with van der Waals surface area (Å²) in [7, 11) is 1.92. The van der Waals surface area contributed by atoms with Crippen LogP contribution in [0.5, 0.6) is 0 Å². The van der Waals surface area contributed by atoms with Crippen molar-refractivity contribution in [1.29, 1.82) is 0 Å². The van der Waals surface area contributed by atoms with Crippen LogP contribution in [0, 0.1) is 5.41 Å². The molecule has 1 aliphatic heterocycles. The highest BCUT2D eigenvalue weighted by Crippen LogP contribution is 2.21. The van der Waals surface area contributed by atoms with E-state index in [2.05, 4.69) is 10.6 Å². The molecule has 0 aromatic heterocycles. The summed E-state index contributed by atoms with van der Waals surface area (Å²) in [5.74, 6) is -0.0277. The van der Waals surface area contributed by atoms with E-state index in [1.807, 2.05) is 27.8 Å². The number of nitrogens with one attached hydrogen (secondary N) is 2. The van der Waals surface area contributed by atoms with E-state index >= 15 is 0 Å². The monoisotopic (exact) mass is 434 g/mol. The van der Waals surface area contributed by atoms with Gasteiger partial charge in [0.15, 0.2) is 6.29 Å². The summed E-state index contributed by atoms with van der Waals surface area (Å²) in [4.78, 5) is 12.4. The molecule has 0 bridgehead atoms. The topological polar surface area (TPSA) is 119 Å². The van der Waals surface area contributed by atoms with Gasteiger partial charge in [0.05, 0.1) is 38.1 Å². The summed E-state index contributed by atoms with van der Waals surface area (Å²) in [5.41, 5.74) is -0.512. The van der Waals surface area contributed by atoms with Crippen molar-refractivity contribution >= 4 is 5.91 Å². The minimum Gasteiger partial charge on any atom is -0.390 e. The van der Waals surface area contributed by atoms with Crippen molar-refractivity contribution in [3.63, 3.8) is 0 Å². The zero-order chi connectivity index (χ0) is 22.6. The normalized spacial score (nSPS) is 25.8. The van der Waals surface area contributed by atoms with Crippen LogP contribution in [0.3, 0.4) is 0 Å². The smallest absolute Gasteiger partial charge is 0.225 e. The van der Waals surface area contributed by atoms with E-state index in [0.29, 0.717) is 32.8 Å². The minimum absolute atomic E-state index is 0.0277. The van der Waals surface area contributed by atoms with Gasteiger partial charge in [-0.25, -0.2) is 0 Å². The first-order chi connectivity index (χ1) is 14.2. The fourth-order valence-corrected chi connectivity index (χ4v) is 2.95. The molecular weight excluding hydrogens is 392 g/mol. The van der Waals surface area contributed by atoms with Gasteiger partial charge in [-0.3, -0.25) is 4.79 Å². The molecule has 1 heterocycles. The van der Waals surface area contributed by atoms with Crippen molar-refractivity contribution < 1.29 is 34.0 Å². The molecule has 1 rings (SSSR count). The fraction of sp³-hybridized carbons (Fsp3) is 0.952. The molecular formula is C21H42N2O7. The Morgan fingerprint density at radius 3 is 2.60 bits per heavy atom. The third kappa shape index (κ3) is 10.5. The summed E-state index contributed by atoms with van der Waals surface area (Å²) in [6, 6.07) is 0. The first kappa shape index (κ1) is 27.2. The van der Waals surface area contributed by atoms with Crippen molar-refractivity contribution in [3.05, 3.63) is 0 Å². The van der Waals surface area contributed by atoms with Gasteiger partial charge in [-0.1, -0.05) is 13.8 Å². The highest BCUT2D eigenvalue weighted by molar-refractivity contribution is 5.81. The molecule has 9 nitrogen and oxygen atoms in total. The van der Waals surface area contributed by atoms with E-state index in [0.717, 1.165) is 13.0 Å². The number of aliphatic hydroxyl groups excluding tert-OH is 2. The third-order valence-electron chi connectivity index (χ3n) is 5.27. The van der Waals surface area contributed by atoms with Crippen molar-refractivity contribution in [1.82, 2.24) is 10.6 Å². The van der Waals surface area contributed by atoms with Gasteiger partial charge in [0.25, 0.3) is 0 Å². The van der Waals surface area contributed by atoms with Gasteiger partial charge in [-0.2, -0.15) is 0 Å². The number of aliphatic hydroxyl groups is 2. The molecule has 0 spiro atoms. The number of rotatable bonds is 15. The standard InChI is InChI=1S/C21H42N2O7/c1-15(6-8-22-5)28-10-7-21(3,4)20(26)23-9-11-27-12-13-29-19-18(25)14-17(24)16(2)30-19/h15-19,22,24-25H,6-14H2,1-5H3,(H,23,26)/t15?,16-,17+,18+,19+/m0/s1. The number of hydrogen-bond acceptors (Lipinski definition) is 8. The molecule has 1 aliphatic rings. The van der Waals surface area contributed by atoms with Gasteiger partial charge in [0.2, 0.25) is 5.91 Å². The highest BCUT2D eigenvalue weighted by Gasteiger charge is 2.34. The maximum atomic E-state index is 12.4. The Labute approximate surface area is 180 Å². The lowest BCUT2D eigenvalue weighted by atomic mass is 9.88. The van der Waals surface area contributed by atoms with Crippen LogP contribution in [-0.2, 0) is 23.7 Å². The van der Waals surface area contributed by atoms with Gasteiger partial charge in [0.1, 0.15) is 6.10 Å². The van der Waals surface area contributed by atoms with E-state index in [-0.39, 0.29) is 31.1 Å². The zero-order valence-corrected chi connectivity index (χ0v) is 19.2. The Hall–Kier alpha value is -0.810. The van der Waals surface area contributed by atoms with Gasteiger partial charge < -0.3 is 39.8 Å². The molecule has 1 unspecified atom stereocenters. The van der Waals surface area contributed by atoms with Gasteiger partial charge in [0, 0.05) is 25.0 Å². The van der Waals surface area contributed by atoms with Crippen LogP contribution in [0.1, 0.15) is 47.0 Å². The fourth-order valence-electron chi connectivity index (χ4n) is 2.95.